The molecular formula is C20H24N2O7. The number of piperidine rings is 1. The smallest absolute Gasteiger partial charge is 0.365 e. The maximum absolute atomic E-state index is 11.8. The number of nitrogens with zero attached hydrogens (tertiary/aromatic N) is 2. The first-order chi connectivity index (χ1) is 13.8. The molecule has 156 valence electrons. The zero-order valence-corrected chi connectivity index (χ0v) is 16.1. The minimum Gasteiger partial charge on any atom is -0.478 e. The van der Waals surface area contributed by atoms with E-state index >= 15 is 0 Å². The number of aliphatic carboxylic acids is 2. The van der Waals surface area contributed by atoms with Gasteiger partial charge in [-0.25, -0.2) is 14.4 Å². The Labute approximate surface area is 168 Å². The molecule has 2 heterocycles. The van der Waals surface area contributed by atoms with Crippen molar-refractivity contribution in [3.8, 4) is 0 Å². The fourth-order valence-electron chi connectivity index (χ4n) is 2.99. The third-order valence-electron chi connectivity index (χ3n) is 4.61. The van der Waals surface area contributed by atoms with Gasteiger partial charge < -0.3 is 24.7 Å². The van der Waals surface area contributed by atoms with Crippen molar-refractivity contribution in [3.05, 3.63) is 48.0 Å². The lowest BCUT2D eigenvalue weighted by atomic mass is 9.88. The van der Waals surface area contributed by atoms with Crippen molar-refractivity contribution in [1.29, 1.82) is 0 Å². The highest BCUT2D eigenvalue weighted by atomic mass is 16.7. The second kappa shape index (κ2) is 10.5. The third kappa shape index (κ3) is 7.47. The van der Waals surface area contributed by atoms with Gasteiger partial charge in [-0.1, -0.05) is 23.4 Å². The zero-order valence-electron chi connectivity index (χ0n) is 16.1. The molecule has 1 aromatic rings. The summed E-state index contributed by atoms with van der Waals surface area (Å²) in [6.07, 6.45) is 3.90. The Hall–Kier alpha value is -3.04. The molecule has 0 radical (unpaired) electrons. The summed E-state index contributed by atoms with van der Waals surface area (Å²) >= 11 is 0. The predicted molar refractivity (Wildman–Crippen MR) is 104 cm³/mol. The molecule has 3 rings (SSSR count). The highest BCUT2D eigenvalue weighted by molar-refractivity contribution is 5.92. The minimum atomic E-state index is -1.26. The van der Waals surface area contributed by atoms with Crippen LogP contribution in [0.15, 0.2) is 47.6 Å². The average Bonchev–Trinajstić information content (AvgIpc) is 3.11. The number of benzene rings is 1. The van der Waals surface area contributed by atoms with E-state index in [9.17, 15) is 14.4 Å². The standard InChI is InChI=1S/C16H20N2O3.C4H4O4/c1-18-9-7-16(8-10-18)11-14(12-20-16)17-21-15(19)13-5-3-2-4-6-13;5-3(6)1-2-4(7)8/h2-6H,7-12H2,1H3;1-2H,(H,5,6)(H,7,8)/b17-14-;2-1-. The lowest BCUT2D eigenvalue weighted by Crippen LogP contribution is -2.42. The van der Waals surface area contributed by atoms with Crippen LogP contribution < -0.4 is 0 Å². The number of hydrogen-bond donors (Lipinski definition) is 2. The number of carboxylic acid groups (broad SMARTS) is 2. The Morgan fingerprint density at radius 2 is 1.69 bits per heavy atom. The number of carbonyl (C=O) groups is 3. The summed E-state index contributed by atoms with van der Waals surface area (Å²) in [7, 11) is 2.12. The molecule has 0 bridgehead atoms. The van der Waals surface area contributed by atoms with Gasteiger partial charge in [-0.3, -0.25) is 0 Å². The van der Waals surface area contributed by atoms with Crippen molar-refractivity contribution < 1.29 is 34.2 Å². The molecule has 2 fully saturated rings. The van der Waals surface area contributed by atoms with Crippen molar-refractivity contribution in [1.82, 2.24) is 4.90 Å². The van der Waals surface area contributed by atoms with Gasteiger partial charge >= 0.3 is 17.9 Å². The number of oxime groups is 1. The molecule has 0 saturated carbocycles. The fraction of sp³-hybridized carbons (Fsp3) is 0.400. The minimum absolute atomic E-state index is 0.0928. The topological polar surface area (TPSA) is 126 Å². The molecule has 0 amide bonds. The van der Waals surface area contributed by atoms with Crippen LogP contribution in [0, 0.1) is 0 Å². The molecule has 0 aromatic heterocycles. The highest BCUT2D eigenvalue weighted by Gasteiger charge is 2.40. The van der Waals surface area contributed by atoms with Crippen LogP contribution in [0.5, 0.6) is 0 Å². The number of likely N-dealkylation sites (tertiary alicyclic amines) is 1. The third-order valence-corrected chi connectivity index (χ3v) is 4.61. The van der Waals surface area contributed by atoms with E-state index in [1.54, 1.807) is 24.3 Å². The number of carboxylic acids is 2. The summed E-state index contributed by atoms with van der Waals surface area (Å²) in [5.74, 6) is -2.94. The first-order valence-corrected chi connectivity index (χ1v) is 9.08. The Morgan fingerprint density at radius 1 is 1.10 bits per heavy atom. The van der Waals surface area contributed by atoms with Gasteiger partial charge in [0, 0.05) is 31.7 Å². The molecule has 2 saturated heterocycles. The lowest BCUT2D eigenvalue weighted by Gasteiger charge is -2.36. The van der Waals surface area contributed by atoms with Crippen LogP contribution >= 0.6 is 0 Å². The molecule has 1 spiro atoms. The number of ether oxygens (including phenoxy) is 1. The van der Waals surface area contributed by atoms with Crippen LogP contribution in [-0.2, 0) is 19.2 Å². The van der Waals surface area contributed by atoms with E-state index in [2.05, 4.69) is 17.1 Å². The monoisotopic (exact) mass is 404 g/mol. The van der Waals surface area contributed by atoms with Gasteiger partial charge in [0.1, 0.15) is 0 Å². The molecule has 2 N–H and O–H groups in total. The van der Waals surface area contributed by atoms with Gasteiger partial charge in [-0.15, -0.1) is 0 Å². The van der Waals surface area contributed by atoms with Crippen molar-refractivity contribution in [3.63, 3.8) is 0 Å². The second-order valence-corrected chi connectivity index (χ2v) is 6.86. The first kappa shape index (κ1) is 22.3. The Bertz CT molecular complexity index is 765. The van der Waals surface area contributed by atoms with Crippen LogP contribution in [0.4, 0.5) is 0 Å². The van der Waals surface area contributed by atoms with Gasteiger partial charge in [0.15, 0.2) is 0 Å². The molecule has 2 aliphatic rings. The van der Waals surface area contributed by atoms with E-state index in [1.807, 2.05) is 6.07 Å². The highest BCUT2D eigenvalue weighted by Crippen LogP contribution is 2.34. The normalized spacial score (nSPS) is 19.7. The van der Waals surface area contributed by atoms with Crippen LogP contribution in [0.3, 0.4) is 0 Å². The van der Waals surface area contributed by atoms with Crippen molar-refractivity contribution in [2.75, 3.05) is 26.7 Å². The molecule has 1 aromatic carbocycles. The van der Waals surface area contributed by atoms with E-state index in [-0.39, 0.29) is 5.60 Å². The van der Waals surface area contributed by atoms with Crippen molar-refractivity contribution in [2.24, 2.45) is 5.16 Å². The Morgan fingerprint density at radius 3 is 2.24 bits per heavy atom. The molecule has 9 nitrogen and oxygen atoms in total. The Balaban J connectivity index is 0.000000321. The van der Waals surface area contributed by atoms with Gasteiger partial charge in [0.25, 0.3) is 0 Å². The van der Waals surface area contributed by atoms with E-state index in [0.717, 1.165) is 38.1 Å². The quantitative estimate of drug-likeness (QED) is 0.442. The van der Waals surface area contributed by atoms with Crippen molar-refractivity contribution in [2.45, 2.75) is 24.9 Å². The van der Waals surface area contributed by atoms with E-state index in [0.29, 0.717) is 24.3 Å². The molecule has 0 atom stereocenters. The summed E-state index contributed by atoms with van der Waals surface area (Å²) in [6.45, 7) is 2.54. The van der Waals surface area contributed by atoms with Crippen LogP contribution in [0.25, 0.3) is 0 Å². The molecule has 0 unspecified atom stereocenters. The molecular weight excluding hydrogens is 380 g/mol. The molecule has 2 aliphatic heterocycles. The maximum Gasteiger partial charge on any atom is 0.365 e. The first-order valence-electron chi connectivity index (χ1n) is 9.08. The summed E-state index contributed by atoms with van der Waals surface area (Å²) < 4.78 is 5.93. The molecule has 9 heteroatoms. The summed E-state index contributed by atoms with van der Waals surface area (Å²) in [6, 6.07) is 8.89. The fourth-order valence-corrected chi connectivity index (χ4v) is 2.99. The second-order valence-electron chi connectivity index (χ2n) is 6.86. The lowest BCUT2D eigenvalue weighted by molar-refractivity contribution is -0.134. The Kier molecular flexibility index (Phi) is 8.05. The predicted octanol–water partition coefficient (Wildman–Crippen LogP) is 1.80. The van der Waals surface area contributed by atoms with Gasteiger partial charge in [-0.2, -0.15) is 0 Å². The molecule has 29 heavy (non-hydrogen) atoms. The van der Waals surface area contributed by atoms with Crippen LogP contribution in [0.1, 0.15) is 29.6 Å². The number of rotatable bonds is 4. The van der Waals surface area contributed by atoms with Crippen LogP contribution in [0.2, 0.25) is 0 Å². The summed E-state index contributed by atoms with van der Waals surface area (Å²) in [5, 5.41) is 19.6. The SMILES string of the molecule is CN1CCC2(CC1)C/C(=N/OC(=O)c1ccccc1)CO2.O=C(O)/C=C\C(=O)O. The van der Waals surface area contributed by atoms with Crippen molar-refractivity contribution >= 4 is 23.6 Å². The zero-order chi connectivity index (χ0) is 21.3. The largest absolute Gasteiger partial charge is 0.478 e. The average molecular weight is 404 g/mol. The van der Waals surface area contributed by atoms with E-state index < -0.39 is 17.9 Å². The maximum atomic E-state index is 11.8. The van der Waals surface area contributed by atoms with Crippen LogP contribution in [-0.4, -0.2) is 71.1 Å². The summed E-state index contributed by atoms with van der Waals surface area (Å²) in [4.78, 5) is 38.3. The van der Waals surface area contributed by atoms with Gasteiger partial charge in [0.2, 0.25) is 0 Å². The van der Waals surface area contributed by atoms with Gasteiger partial charge in [-0.05, 0) is 32.0 Å². The van der Waals surface area contributed by atoms with E-state index in [4.69, 9.17) is 19.8 Å². The number of carbonyl (C=O) groups excluding carboxylic acids is 1. The summed E-state index contributed by atoms with van der Waals surface area (Å²) in [5.41, 5.74) is 1.24. The van der Waals surface area contributed by atoms with Gasteiger partial charge in [0.05, 0.1) is 23.5 Å². The molecule has 0 aliphatic carbocycles. The van der Waals surface area contributed by atoms with E-state index in [1.165, 1.54) is 0 Å². The number of hydrogen-bond acceptors (Lipinski definition) is 7.